The maximum absolute atomic E-state index is 12.6. The molecule has 0 unspecified atom stereocenters. The number of imide groups is 2. The number of hydrogen-bond acceptors (Lipinski definition) is 10. The smallest absolute Gasteiger partial charge is 0.328 e. The summed E-state index contributed by atoms with van der Waals surface area (Å²) in [4.78, 5) is 51.2. The Kier molecular flexibility index (Phi) is 5.33. The summed E-state index contributed by atoms with van der Waals surface area (Å²) in [5, 5.41) is 8.43. The Morgan fingerprint density at radius 1 is 0.919 bits per heavy atom. The summed E-state index contributed by atoms with van der Waals surface area (Å²) in [5.41, 5.74) is 0.630. The van der Waals surface area contributed by atoms with Crippen LogP contribution >= 0.6 is 0 Å². The van der Waals surface area contributed by atoms with Crippen LogP contribution in [0.5, 0.6) is 11.6 Å². The predicted molar refractivity (Wildman–Crippen MR) is 128 cm³/mol. The van der Waals surface area contributed by atoms with E-state index in [1.165, 1.54) is 6.20 Å². The zero-order valence-electron chi connectivity index (χ0n) is 19.2. The Morgan fingerprint density at radius 2 is 1.68 bits per heavy atom. The van der Waals surface area contributed by atoms with E-state index in [1.54, 1.807) is 65.8 Å². The van der Waals surface area contributed by atoms with Crippen molar-refractivity contribution in [2.75, 3.05) is 11.4 Å². The molecule has 3 aromatic heterocycles. The summed E-state index contributed by atoms with van der Waals surface area (Å²) in [6.45, 7) is 0.470. The van der Waals surface area contributed by atoms with Crippen molar-refractivity contribution in [1.29, 1.82) is 0 Å². The highest BCUT2D eigenvalue weighted by molar-refractivity contribution is 6.24. The van der Waals surface area contributed by atoms with Crippen molar-refractivity contribution < 1.29 is 23.6 Å². The zero-order valence-corrected chi connectivity index (χ0v) is 19.2. The first-order chi connectivity index (χ1) is 18.0. The molecule has 1 aromatic carbocycles. The molecule has 4 aromatic rings. The van der Waals surface area contributed by atoms with Gasteiger partial charge >= 0.3 is 6.03 Å². The SMILES string of the molecule is O=C1NC(=O)C2(CCCN2c2ccc(Oc3ccc(-c4noc(-c5ccncc5)n4)cc3)nc2)C(=O)N1. The largest absolute Gasteiger partial charge is 0.439 e. The molecule has 12 nitrogen and oxygen atoms in total. The van der Waals surface area contributed by atoms with E-state index in [4.69, 9.17) is 9.26 Å². The highest BCUT2D eigenvalue weighted by atomic mass is 16.5. The van der Waals surface area contributed by atoms with Crippen molar-refractivity contribution in [3.63, 3.8) is 0 Å². The van der Waals surface area contributed by atoms with Crippen LogP contribution in [0.1, 0.15) is 12.8 Å². The zero-order chi connectivity index (χ0) is 25.4. The first kappa shape index (κ1) is 22.3. The highest BCUT2D eigenvalue weighted by Crippen LogP contribution is 2.36. The molecule has 5 heterocycles. The van der Waals surface area contributed by atoms with Gasteiger partial charge in [0, 0.05) is 36.1 Å². The van der Waals surface area contributed by atoms with E-state index in [0.29, 0.717) is 48.4 Å². The molecule has 6 rings (SSSR count). The molecular weight excluding hydrogens is 478 g/mol. The topological polar surface area (TPSA) is 152 Å². The van der Waals surface area contributed by atoms with Gasteiger partial charge in [-0.2, -0.15) is 4.98 Å². The van der Waals surface area contributed by atoms with Gasteiger partial charge in [-0.1, -0.05) is 5.16 Å². The molecule has 184 valence electrons. The second-order valence-corrected chi connectivity index (χ2v) is 8.49. The molecule has 12 heteroatoms. The maximum atomic E-state index is 12.6. The Hall–Kier alpha value is -5.13. The summed E-state index contributed by atoms with van der Waals surface area (Å²) < 4.78 is 11.2. The molecule has 0 aliphatic carbocycles. The Labute approximate surface area is 209 Å². The average Bonchev–Trinajstić information content (AvgIpc) is 3.58. The normalized spacial score (nSPS) is 16.5. The number of urea groups is 1. The van der Waals surface area contributed by atoms with Gasteiger partial charge in [-0.15, -0.1) is 0 Å². The number of ether oxygens (including phenoxy) is 1. The average molecular weight is 497 g/mol. The lowest BCUT2D eigenvalue weighted by Gasteiger charge is -2.38. The molecule has 0 bridgehead atoms. The lowest BCUT2D eigenvalue weighted by atomic mass is 9.92. The van der Waals surface area contributed by atoms with Crippen molar-refractivity contribution in [1.82, 2.24) is 30.7 Å². The quantitative estimate of drug-likeness (QED) is 0.394. The maximum Gasteiger partial charge on any atom is 0.328 e. The number of rotatable bonds is 5. The lowest BCUT2D eigenvalue weighted by molar-refractivity contribution is -0.137. The van der Waals surface area contributed by atoms with Gasteiger partial charge in [0.2, 0.25) is 11.7 Å². The third kappa shape index (κ3) is 3.93. The minimum Gasteiger partial charge on any atom is -0.439 e. The summed E-state index contributed by atoms with van der Waals surface area (Å²) in [6, 6.07) is 13.3. The Morgan fingerprint density at radius 3 is 2.38 bits per heavy atom. The van der Waals surface area contributed by atoms with Gasteiger partial charge < -0.3 is 14.2 Å². The van der Waals surface area contributed by atoms with E-state index in [2.05, 4.69) is 30.7 Å². The number of aromatic nitrogens is 4. The van der Waals surface area contributed by atoms with Crippen molar-refractivity contribution in [3.05, 3.63) is 67.1 Å². The molecule has 2 saturated heterocycles. The van der Waals surface area contributed by atoms with Crippen LogP contribution in [-0.4, -0.2) is 50.0 Å². The first-order valence-corrected chi connectivity index (χ1v) is 11.5. The molecule has 1 spiro atoms. The molecule has 2 N–H and O–H groups in total. The fourth-order valence-electron chi connectivity index (χ4n) is 4.53. The van der Waals surface area contributed by atoms with E-state index in [9.17, 15) is 14.4 Å². The van der Waals surface area contributed by atoms with Crippen LogP contribution < -0.4 is 20.3 Å². The van der Waals surface area contributed by atoms with Gasteiger partial charge in [-0.05, 0) is 55.3 Å². The van der Waals surface area contributed by atoms with Crippen molar-refractivity contribution in [2.24, 2.45) is 0 Å². The fourth-order valence-corrected chi connectivity index (χ4v) is 4.53. The number of anilines is 1. The summed E-state index contributed by atoms with van der Waals surface area (Å²) in [5.74, 6) is 0.456. The van der Waals surface area contributed by atoms with Crippen LogP contribution in [0.3, 0.4) is 0 Å². The van der Waals surface area contributed by atoms with Crippen LogP contribution in [0.25, 0.3) is 22.8 Å². The van der Waals surface area contributed by atoms with Gasteiger partial charge in [-0.3, -0.25) is 25.2 Å². The number of nitrogens with one attached hydrogen (secondary N) is 2. The number of pyridine rings is 2. The second kappa shape index (κ2) is 8.82. The molecule has 0 saturated carbocycles. The number of carbonyl (C=O) groups is 3. The number of barbiturate groups is 1. The number of amides is 4. The Balaban J connectivity index is 1.16. The molecule has 2 aliphatic rings. The number of nitrogens with zero attached hydrogens (tertiary/aromatic N) is 5. The minimum atomic E-state index is -1.47. The van der Waals surface area contributed by atoms with Crippen LogP contribution in [0.2, 0.25) is 0 Å². The van der Waals surface area contributed by atoms with Crippen LogP contribution in [0, 0.1) is 0 Å². The van der Waals surface area contributed by atoms with Crippen molar-refractivity contribution in [3.8, 4) is 34.5 Å². The van der Waals surface area contributed by atoms with Crippen LogP contribution in [0.4, 0.5) is 10.5 Å². The third-order valence-electron chi connectivity index (χ3n) is 6.31. The van der Waals surface area contributed by atoms with Crippen molar-refractivity contribution in [2.45, 2.75) is 18.4 Å². The monoisotopic (exact) mass is 497 g/mol. The van der Waals surface area contributed by atoms with E-state index < -0.39 is 23.4 Å². The molecular formula is C25H19N7O5. The van der Waals surface area contributed by atoms with Gasteiger partial charge in [-0.25, -0.2) is 9.78 Å². The fraction of sp³-hybridized carbons (Fsp3) is 0.160. The number of hydrogen-bond donors (Lipinski definition) is 2. The molecule has 37 heavy (non-hydrogen) atoms. The molecule has 0 atom stereocenters. The second-order valence-electron chi connectivity index (χ2n) is 8.49. The molecule has 2 fully saturated rings. The molecule has 4 amide bonds. The standard InChI is InChI=1S/C25H19N7O5/c33-22-25(23(34)30-24(35)29-22)10-1-13-32(25)17-4-7-19(27-14-17)36-18-5-2-15(3-6-18)20-28-21(37-31-20)16-8-11-26-12-9-16/h2-9,11-12,14H,1,10,13H2,(H2,29,30,33,34,35). The molecule has 0 radical (unpaired) electrons. The number of carbonyl (C=O) groups excluding carboxylic acids is 3. The number of benzene rings is 1. The first-order valence-electron chi connectivity index (χ1n) is 11.5. The highest BCUT2D eigenvalue weighted by Gasteiger charge is 2.57. The van der Waals surface area contributed by atoms with Crippen LogP contribution in [0.15, 0.2) is 71.6 Å². The Bertz CT molecular complexity index is 1470. The van der Waals surface area contributed by atoms with Crippen molar-refractivity contribution >= 4 is 23.5 Å². The predicted octanol–water partition coefficient (Wildman–Crippen LogP) is 2.69. The van der Waals surface area contributed by atoms with E-state index >= 15 is 0 Å². The van der Waals surface area contributed by atoms with Gasteiger partial charge in [0.1, 0.15) is 5.75 Å². The van der Waals surface area contributed by atoms with Gasteiger partial charge in [0.05, 0.1) is 11.9 Å². The lowest BCUT2D eigenvalue weighted by Crippen LogP contribution is -2.71. The van der Waals surface area contributed by atoms with Gasteiger partial charge in [0.15, 0.2) is 5.54 Å². The van der Waals surface area contributed by atoms with E-state index in [0.717, 1.165) is 11.1 Å². The molecule has 2 aliphatic heterocycles. The van der Waals surface area contributed by atoms with E-state index in [-0.39, 0.29) is 0 Å². The summed E-state index contributed by atoms with van der Waals surface area (Å²) in [7, 11) is 0. The summed E-state index contributed by atoms with van der Waals surface area (Å²) >= 11 is 0. The van der Waals surface area contributed by atoms with Gasteiger partial charge in [0.25, 0.3) is 17.7 Å². The summed E-state index contributed by atoms with van der Waals surface area (Å²) in [6.07, 6.45) is 5.76. The van der Waals surface area contributed by atoms with E-state index in [1.807, 2.05) is 0 Å². The third-order valence-corrected chi connectivity index (χ3v) is 6.31. The minimum absolute atomic E-state index is 0.299. The van der Waals surface area contributed by atoms with Crippen LogP contribution in [-0.2, 0) is 9.59 Å².